The summed E-state index contributed by atoms with van der Waals surface area (Å²) in [6, 6.07) is 52.3. The molecule has 0 spiro atoms. The molecule has 0 radical (unpaired) electrons. The average Bonchev–Trinajstić information content (AvgIpc) is 3.33. The van der Waals surface area contributed by atoms with E-state index in [1.807, 2.05) is 54.6 Å². The fourth-order valence-electron chi connectivity index (χ4n) is 7.68. The van der Waals surface area contributed by atoms with E-state index in [-0.39, 0.29) is 5.04 Å². The van der Waals surface area contributed by atoms with Gasteiger partial charge in [0.05, 0.1) is 119 Å². The van der Waals surface area contributed by atoms with Crippen molar-refractivity contribution in [2.24, 2.45) is 0 Å². The minimum atomic E-state index is -2.55. The Morgan fingerprint density at radius 3 is 0.797 bits per heavy atom. The number of hydrogen-bond acceptors (Lipinski definition) is 10. The van der Waals surface area contributed by atoms with Crippen molar-refractivity contribution in [3.05, 3.63) is 168 Å². The molecule has 10 nitrogen and oxygen atoms in total. The monoisotopic (exact) mass is 894 g/mol. The molecule has 0 fully saturated rings. The second kappa shape index (κ2) is 29.5. The first-order chi connectivity index (χ1) is 31.5. The molecule has 64 heavy (non-hydrogen) atoms. The quantitative estimate of drug-likeness (QED) is 0.0233. The van der Waals surface area contributed by atoms with E-state index in [4.69, 9.17) is 47.1 Å². The van der Waals surface area contributed by atoms with Crippen molar-refractivity contribution in [2.75, 3.05) is 119 Å². The van der Waals surface area contributed by atoms with Crippen molar-refractivity contribution in [3.63, 3.8) is 0 Å². The summed E-state index contributed by atoms with van der Waals surface area (Å²) >= 11 is 0. The topological polar surface area (TPSA) is 92.3 Å². The van der Waals surface area contributed by atoms with Gasteiger partial charge in [0.25, 0.3) is 8.32 Å². The zero-order valence-corrected chi connectivity index (χ0v) is 39.2. The van der Waals surface area contributed by atoms with Crippen LogP contribution in [0.4, 0.5) is 0 Å². The molecule has 0 N–H and O–H groups in total. The summed E-state index contributed by atoms with van der Waals surface area (Å²) in [6.45, 7) is 15.6. The third kappa shape index (κ3) is 16.1. The lowest BCUT2D eigenvalue weighted by atomic mass is 9.80. The van der Waals surface area contributed by atoms with Gasteiger partial charge in [0.15, 0.2) is 0 Å². The summed E-state index contributed by atoms with van der Waals surface area (Å²) in [5, 5.41) is 2.47. The van der Waals surface area contributed by atoms with Crippen LogP contribution >= 0.6 is 0 Å². The van der Waals surface area contributed by atoms with Crippen LogP contribution in [0.5, 0.6) is 0 Å². The van der Waals surface area contributed by atoms with Crippen molar-refractivity contribution < 1.29 is 47.1 Å². The molecule has 0 heterocycles. The van der Waals surface area contributed by atoms with Crippen molar-refractivity contribution >= 4 is 18.7 Å². The maximum atomic E-state index is 6.87. The highest BCUT2D eigenvalue weighted by molar-refractivity contribution is 6.99. The van der Waals surface area contributed by atoms with Crippen LogP contribution in [-0.2, 0) is 52.7 Å². The lowest BCUT2D eigenvalue weighted by Crippen LogP contribution is -2.66. The molecule has 0 saturated carbocycles. The molecule has 0 atom stereocenters. The first kappa shape index (κ1) is 50.9. The fourth-order valence-corrected chi connectivity index (χ4v) is 12.2. The number of ether oxygens (including phenoxy) is 9. The van der Waals surface area contributed by atoms with Gasteiger partial charge < -0.3 is 47.1 Å². The van der Waals surface area contributed by atoms with Crippen LogP contribution in [0.15, 0.2) is 152 Å². The Morgan fingerprint density at radius 2 is 0.531 bits per heavy atom. The van der Waals surface area contributed by atoms with Gasteiger partial charge >= 0.3 is 0 Å². The molecule has 0 saturated heterocycles. The normalized spacial score (nSPS) is 12.2. The zero-order chi connectivity index (χ0) is 44.9. The van der Waals surface area contributed by atoms with Crippen LogP contribution in [0.3, 0.4) is 0 Å². The largest absolute Gasteiger partial charge is 0.405 e. The van der Waals surface area contributed by atoms with Crippen molar-refractivity contribution in [2.45, 2.75) is 31.4 Å². The zero-order valence-electron chi connectivity index (χ0n) is 38.2. The van der Waals surface area contributed by atoms with Crippen LogP contribution in [0.25, 0.3) is 0 Å². The van der Waals surface area contributed by atoms with E-state index < -0.39 is 13.9 Å². The van der Waals surface area contributed by atoms with Crippen molar-refractivity contribution in [1.29, 1.82) is 0 Å². The molecule has 0 aliphatic carbocycles. The van der Waals surface area contributed by atoms with Crippen LogP contribution < -0.4 is 10.4 Å². The van der Waals surface area contributed by atoms with Gasteiger partial charge in [-0.05, 0) is 32.1 Å². The molecule has 0 bridgehead atoms. The second-order valence-electron chi connectivity index (χ2n) is 16.0. The summed E-state index contributed by atoms with van der Waals surface area (Å²) in [5.41, 5.74) is 2.45. The van der Waals surface area contributed by atoms with Gasteiger partial charge in [-0.2, -0.15) is 0 Å². The summed E-state index contributed by atoms with van der Waals surface area (Å²) in [5.74, 6) is 0. The standard InChI is InChI=1S/C53H70O10Si/c1-52(2,3)64(50-25-15-7-16-26-50,51-27-17-8-18-28-51)63-46-44-61-42-40-59-38-36-57-34-32-55-30-29-54-31-33-56-35-37-58-39-41-60-43-45-62-53(47-19-9-4-10-20-47,48-21-11-5-12-22-48)49-23-13-6-14-24-49/h4-28H,29-46H2,1-3H3. The van der Waals surface area contributed by atoms with Gasteiger partial charge in [0, 0.05) is 0 Å². The predicted octanol–water partition coefficient (Wildman–Crippen LogP) is 7.70. The smallest absolute Gasteiger partial charge is 0.261 e. The molecule has 0 aliphatic rings. The SMILES string of the molecule is CC(C)(C)[Si](OCCOCCOCCOCCOCCOCCOCCOCCOCCOC(c1ccccc1)(c1ccccc1)c1ccccc1)(c1ccccc1)c1ccccc1. The van der Waals surface area contributed by atoms with Gasteiger partial charge in [-0.25, -0.2) is 0 Å². The summed E-state index contributed by atoms with van der Waals surface area (Å²) in [6.07, 6.45) is 0. The summed E-state index contributed by atoms with van der Waals surface area (Å²) in [4.78, 5) is 0. The van der Waals surface area contributed by atoms with E-state index in [0.717, 1.165) is 16.7 Å². The second-order valence-corrected chi connectivity index (χ2v) is 20.3. The molecule has 0 unspecified atom stereocenters. The molecule has 0 amide bonds. The minimum absolute atomic E-state index is 0.0614. The molecule has 346 valence electrons. The third-order valence-electron chi connectivity index (χ3n) is 10.7. The molecule has 5 rings (SSSR count). The molecule has 0 aromatic heterocycles. The van der Waals surface area contributed by atoms with E-state index in [1.54, 1.807) is 0 Å². The Morgan fingerprint density at radius 1 is 0.297 bits per heavy atom. The first-order valence-electron chi connectivity index (χ1n) is 22.7. The van der Waals surface area contributed by atoms with Gasteiger partial charge in [0.2, 0.25) is 0 Å². The van der Waals surface area contributed by atoms with E-state index in [2.05, 4.69) is 118 Å². The fraction of sp³-hybridized carbons (Fsp3) is 0.434. The third-order valence-corrected chi connectivity index (χ3v) is 15.7. The highest BCUT2D eigenvalue weighted by atomic mass is 28.4. The van der Waals surface area contributed by atoms with E-state index in [0.29, 0.717) is 119 Å². The van der Waals surface area contributed by atoms with Gasteiger partial charge in [-0.3, -0.25) is 0 Å². The molecular weight excluding hydrogens is 825 g/mol. The molecule has 0 aliphatic heterocycles. The maximum absolute atomic E-state index is 6.87. The lowest BCUT2D eigenvalue weighted by molar-refractivity contribution is -0.0398. The highest BCUT2D eigenvalue weighted by Crippen LogP contribution is 2.40. The van der Waals surface area contributed by atoms with Crippen molar-refractivity contribution in [3.8, 4) is 0 Å². The summed E-state index contributed by atoms with van der Waals surface area (Å²) < 4.78 is 59.2. The first-order valence-corrected chi connectivity index (χ1v) is 24.6. The van der Waals surface area contributed by atoms with Crippen molar-refractivity contribution in [1.82, 2.24) is 0 Å². The minimum Gasteiger partial charge on any atom is -0.405 e. The van der Waals surface area contributed by atoms with E-state index in [9.17, 15) is 0 Å². The Labute approximate surface area is 383 Å². The summed E-state index contributed by atoms with van der Waals surface area (Å²) in [7, 11) is -2.55. The van der Waals surface area contributed by atoms with Gasteiger partial charge in [-0.15, -0.1) is 0 Å². The highest BCUT2D eigenvalue weighted by Gasteiger charge is 2.50. The number of rotatable bonds is 34. The molecule has 5 aromatic rings. The van der Waals surface area contributed by atoms with Crippen LogP contribution in [0.1, 0.15) is 37.5 Å². The Balaban J connectivity index is 0.794. The van der Waals surface area contributed by atoms with Gasteiger partial charge in [0.1, 0.15) is 5.60 Å². The molecule has 5 aromatic carbocycles. The van der Waals surface area contributed by atoms with Crippen LogP contribution in [0, 0.1) is 0 Å². The lowest BCUT2D eigenvalue weighted by Gasteiger charge is -2.43. The van der Waals surface area contributed by atoms with Crippen LogP contribution in [-0.4, -0.2) is 127 Å². The Hall–Kier alpha value is -4.08. The maximum Gasteiger partial charge on any atom is 0.261 e. The number of hydrogen-bond donors (Lipinski definition) is 0. The van der Waals surface area contributed by atoms with E-state index >= 15 is 0 Å². The predicted molar refractivity (Wildman–Crippen MR) is 255 cm³/mol. The Bertz CT molecular complexity index is 1750. The number of benzene rings is 5. The average molecular weight is 895 g/mol. The molecular formula is C53H70O10Si. The Kier molecular flexibility index (Phi) is 23.4. The molecule has 11 heteroatoms. The van der Waals surface area contributed by atoms with Gasteiger partial charge in [-0.1, -0.05) is 172 Å². The van der Waals surface area contributed by atoms with E-state index in [1.165, 1.54) is 10.4 Å². The van der Waals surface area contributed by atoms with Crippen LogP contribution in [0.2, 0.25) is 5.04 Å².